The molecule has 0 spiro atoms. The standard InChI is InChI=1S/C9H14Cl4O/c1-5(10)9(13)14-8-3-2-6(11)4-7(8)12/h5-9H,2-4H2,1H3. The molecule has 1 nitrogen and oxygen atoms in total. The van der Waals surface area contributed by atoms with Crippen LogP contribution in [0.4, 0.5) is 0 Å². The summed E-state index contributed by atoms with van der Waals surface area (Å²) in [7, 11) is 0. The molecule has 0 aromatic heterocycles. The number of alkyl halides is 4. The van der Waals surface area contributed by atoms with E-state index in [1.54, 1.807) is 6.92 Å². The van der Waals surface area contributed by atoms with Crippen molar-refractivity contribution in [2.45, 2.75) is 54.0 Å². The summed E-state index contributed by atoms with van der Waals surface area (Å²) in [5.41, 5.74) is -0.477. The van der Waals surface area contributed by atoms with Crippen molar-refractivity contribution < 1.29 is 4.74 Å². The first-order valence-electron chi connectivity index (χ1n) is 4.72. The van der Waals surface area contributed by atoms with Gasteiger partial charge in [-0.2, -0.15) is 0 Å². The second-order valence-electron chi connectivity index (χ2n) is 3.63. The fourth-order valence-electron chi connectivity index (χ4n) is 1.47. The molecule has 5 atom stereocenters. The molecule has 0 N–H and O–H groups in total. The summed E-state index contributed by atoms with van der Waals surface area (Å²) in [5, 5.41) is -0.100. The summed E-state index contributed by atoms with van der Waals surface area (Å²) in [4.78, 5) is 0. The van der Waals surface area contributed by atoms with Gasteiger partial charge in [0.05, 0.1) is 16.9 Å². The highest BCUT2D eigenvalue weighted by atomic mass is 35.5. The average Bonchev–Trinajstić information content (AvgIpc) is 2.09. The maximum Gasteiger partial charge on any atom is 0.147 e. The van der Waals surface area contributed by atoms with Gasteiger partial charge in [-0.15, -0.1) is 34.8 Å². The Bertz CT molecular complexity index is 176. The summed E-state index contributed by atoms with van der Waals surface area (Å²) in [6.45, 7) is 1.80. The molecule has 0 radical (unpaired) electrons. The molecule has 84 valence electrons. The Morgan fingerprint density at radius 1 is 1.21 bits per heavy atom. The largest absolute Gasteiger partial charge is 0.356 e. The lowest BCUT2D eigenvalue weighted by atomic mass is 9.96. The Balaban J connectivity index is 2.37. The maximum atomic E-state index is 6.12. The third-order valence-corrected chi connectivity index (χ3v) is 4.01. The predicted molar refractivity (Wildman–Crippen MR) is 63.0 cm³/mol. The molecule has 0 saturated heterocycles. The molecule has 1 aliphatic rings. The lowest BCUT2D eigenvalue weighted by Gasteiger charge is -2.31. The van der Waals surface area contributed by atoms with Crippen molar-refractivity contribution in [2.75, 3.05) is 0 Å². The van der Waals surface area contributed by atoms with Crippen LogP contribution in [-0.4, -0.2) is 27.8 Å². The molecule has 1 saturated carbocycles. The smallest absolute Gasteiger partial charge is 0.147 e. The lowest BCUT2D eigenvalue weighted by Crippen LogP contribution is -2.36. The molecule has 1 rings (SSSR count). The number of hydrogen-bond acceptors (Lipinski definition) is 1. The van der Waals surface area contributed by atoms with Crippen LogP contribution >= 0.6 is 46.4 Å². The van der Waals surface area contributed by atoms with E-state index in [1.807, 2.05) is 0 Å². The minimum atomic E-state index is -0.477. The summed E-state index contributed by atoms with van der Waals surface area (Å²) in [6.07, 6.45) is 2.54. The zero-order valence-electron chi connectivity index (χ0n) is 7.93. The topological polar surface area (TPSA) is 9.23 Å². The van der Waals surface area contributed by atoms with Crippen molar-refractivity contribution in [3.8, 4) is 0 Å². The number of rotatable bonds is 3. The van der Waals surface area contributed by atoms with E-state index in [-0.39, 0.29) is 22.2 Å². The summed E-state index contributed by atoms with van der Waals surface area (Å²) in [6, 6.07) is 0. The summed E-state index contributed by atoms with van der Waals surface area (Å²) >= 11 is 23.8. The SMILES string of the molecule is CC(Cl)C(Cl)OC1CCC(Cl)CC1Cl. The molecule has 1 aliphatic carbocycles. The molecular formula is C9H14Cl4O. The molecule has 5 unspecified atom stereocenters. The van der Waals surface area contributed by atoms with Crippen molar-refractivity contribution in [1.82, 2.24) is 0 Å². The second kappa shape index (κ2) is 6.00. The summed E-state index contributed by atoms with van der Waals surface area (Å²) < 4.78 is 5.56. The van der Waals surface area contributed by atoms with Crippen molar-refractivity contribution in [3.05, 3.63) is 0 Å². The first kappa shape index (κ1) is 13.2. The zero-order valence-corrected chi connectivity index (χ0v) is 11.0. The van der Waals surface area contributed by atoms with E-state index in [0.717, 1.165) is 19.3 Å². The van der Waals surface area contributed by atoms with Crippen molar-refractivity contribution in [2.24, 2.45) is 0 Å². The number of hydrogen-bond donors (Lipinski definition) is 0. The summed E-state index contributed by atoms with van der Waals surface area (Å²) in [5.74, 6) is 0. The van der Waals surface area contributed by atoms with Gasteiger partial charge >= 0.3 is 0 Å². The van der Waals surface area contributed by atoms with Gasteiger partial charge in [-0.05, 0) is 26.2 Å². The Morgan fingerprint density at radius 3 is 2.36 bits per heavy atom. The van der Waals surface area contributed by atoms with Crippen LogP contribution in [-0.2, 0) is 4.74 Å². The Hall–Kier alpha value is 1.12. The monoisotopic (exact) mass is 278 g/mol. The van der Waals surface area contributed by atoms with Crippen molar-refractivity contribution in [3.63, 3.8) is 0 Å². The predicted octanol–water partition coefficient (Wildman–Crippen LogP) is 3.96. The molecule has 0 aromatic carbocycles. The Labute approximate surface area is 105 Å². The molecule has 5 heteroatoms. The highest BCUT2D eigenvalue weighted by Gasteiger charge is 2.31. The highest BCUT2D eigenvalue weighted by molar-refractivity contribution is 6.29. The van der Waals surface area contributed by atoms with Crippen LogP contribution in [0.1, 0.15) is 26.2 Å². The van der Waals surface area contributed by atoms with E-state index in [9.17, 15) is 0 Å². The van der Waals surface area contributed by atoms with Crippen LogP contribution in [0.5, 0.6) is 0 Å². The fraction of sp³-hybridized carbons (Fsp3) is 1.00. The van der Waals surface area contributed by atoms with Gasteiger partial charge in [-0.3, -0.25) is 0 Å². The Kier molecular flexibility index (Phi) is 5.66. The van der Waals surface area contributed by atoms with E-state index in [0.29, 0.717) is 0 Å². The van der Waals surface area contributed by atoms with E-state index in [2.05, 4.69) is 0 Å². The minimum Gasteiger partial charge on any atom is -0.356 e. The van der Waals surface area contributed by atoms with Crippen LogP contribution in [0.2, 0.25) is 0 Å². The van der Waals surface area contributed by atoms with Gasteiger partial charge in [-0.25, -0.2) is 0 Å². The van der Waals surface area contributed by atoms with Crippen molar-refractivity contribution in [1.29, 1.82) is 0 Å². The van der Waals surface area contributed by atoms with E-state index in [4.69, 9.17) is 51.1 Å². The maximum absolute atomic E-state index is 6.12. The quantitative estimate of drug-likeness (QED) is 0.711. The zero-order chi connectivity index (χ0) is 10.7. The van der Waals surface area contributed by atoms with Crippen molar-refractivity contribution >= 4 is 46.4 Å². The molecule has 0 heterocycles. The normalized spacial score (nSPS) is 37.9. The first-order valence-corrected chi connectivity index (χ1v) is 6.47. The Morgan fingerprint density at radius 2 is 1.86 bits per heavy atom. The molecule has 1 fully saturated rings. The van der Waals surface area contributed by atoms with Gasteiger partial charge < -0.3 is 4.74 Å². The number of ether oxygens (including phenoxy) is 1. The molecule has 0 aromatic rings. The minimum absolute atomic E-state index is 0.0182. The fourth-order valence-corrected chi connectivity index (χ4v) is 2.47. The molecule has 14 heavy (non-hydrogen) atoms. The van der Waals surface area contributed by atoms with E-state index >= 15 is 0 Å². The third-order valence-electron chi connectivity index (χ3n) is 2.31. The first-order chi connectivity index (χ1) is 6.50. The molecule has 0 amide bonds. The van der Waals surface area contributed by atoms with Crippen LogP contribution in [0.15, 0.2) is 0 Å². The van der Waals surface area contributed by atoms with E-state index < -0.39 is 5.56 Å². The van der Waals surface area contributed by atoms with Crippen LogP contribution < -0.4 is 0 Å². The average molecular weight is 280 g/mol. The second-order valence-corrected chi connectivity index (χ2v) is 5.93. The molecular weight excluding hydrogens is 266 g/mol. The van der Waals surface area contributed by atoms with Crippen LogP contribution in [0.25, 0.3) is 0 Å². The van der Waals surface area contributed by atoms with Gasteiger partial charge in [0, 0.05) is 5.38 Å². The molecule has 0 bridgehead atoms. The number of halogens is 4. The van der Waals surface area contributed by atoms with Gasteiger partial charge in [0.2, 0.25) is 0 Å². The van der Waals surface area contributed by atoms with Crippen LogP contribution in [0.3, 0.4) is 0 Å². The van der Waals surface area contributed by atoms with Gasteiger partial charge in [0.1, 0.15) is 5.56 Å². The van der Waals surface area contributed by atoms with Gasteiger partial charge in [0.25, 0.3) is 0 Å². The van der Waals surface area contributed by atoms with Gasteiger partial charge in [-0.1, -0.05) is 11.6 Å². The highest BCUT2D eigenvalue weighted by Crippen LogP contribution is 2.31. The van der Waals surface area contributed by atoms with Gasteiger partial charge in [0.15, 0.2) is 0 Å². The third kappa shape index (κ3) is 3.94. The lowest BCUT2D eigenvalue weighted by molar-refractivity contribution is 0.0124. The molecule has 0 aliphatic heterocycles. The van der Waals surface area contributed by atoms with E-state index in [1.165, 1.54) is 0 Å². The van der Waals surface area contributed by atoms with Crippen LogP contribution in [0, 0.1) is 0 Å².